The van der Waals surface area contributed by atoms with Gasteiger partial charge in [-0.2, -0.15) is 0 Å². The molecular formula is C25H27N3O2S. The van der Waals surface area contributed by atoms with Crippen molar-refractivity contribution in [2.24, 2.45) is 5.92 Å². The van der Waals surface area contributed by atoms with Crippen LogP contribution in [0, 0.1) is 5.92 Å². The predicted molar refractivity (Wildman–Crippen MR) is 123 cm³/mol. The number of fused-ring (bicyclic) bond motifs is 1. The molecule has 1 atom stereocenters. The molecule has 2 amide bonds. The van der Waals surface area contributed by atoms with E-state index >= 15 is 0 Å². The average Bonchev–Trinajstić information content (AvgIpc) is 3.58. The van der Waals surface area contributed by atoms with E-state index in [-0.39, 0.29) is 17.7 Å². The minimum atomic E-state index is -0.697. The molecule has 0 radical (unpaired) electrons. The molecule has 0 bridgehead atoms. The normalized spacial score (nSPS) is 18.7. The van der Waals surface area contributed by atoms with Crippen molar-refractivity contribution >= 4 is 33.4 Å². The van der Waals surface area contributed by atoms with Gasteiger partial charge in [0, 0.05) is 38.5 Å². The number of carbonyl (C=O) groups excluding carboxylic acids is 2. The van der Waals surface area contributed by atoms with E-state index < -0.39 is 5.41 Å². The van der Waals surface area contributed by atoms with E-state index in [0.717, 1.165) is 33.6 Å². The Morgan fingerprint density at radius 2 is 1.61 bits per heavy atom. The number of piperazine rings is 1. The Kier molecular flexibility index (Phi) is 5.26. The van der Waals surface area contributed by atoms with Crippen molar-refractivity contribution in [3.8, 4) is 0 Å². The van der Waals surface area contributed by atoms with Crippen LogP contribution in [0.1, 0.15) is 30.3 Å². The van der Waals surface area contributed by atoms with Crippen LogP contribution in [0.4, 0.5) is 0 Å². The Balaban J connectivity index is 1.39. The van der Waals surface area contributed by atoms with Gasteiger partial charge in [0.2, 0.25) is 11.8 Å². The fraction of sp³-hybridized carbons (Fsp3) is 0.400. The van der Waals surface area contributed by atoms with Gasteiger partial charge in [-0.25, -0.2) is 4.98 Å². The minimum absolute atomic E-state index is 0.122. The number of benzene rings is 2. The van der Waals surface area contributed by atoms with Gasteiger partial charge in [0.15, 0.2) is 0 Å². The SMILES string of the molecule is C[C@@](Cc1nc2ccccc2s1)(C(=O)N1CCN(C(=O)C2CC2)CC1)c1ccccc1. The summed E-state index contributed by atoms with van der Waals surface area (Å²) in [6.07, 6.45) is 2.61. The summed E-state index contributed by atoms with van der Waals surface area (Å²) in [5.41, 5.74) is 1.30. The fourth-order valence-electron chi connectivity index (χ4n) is 4.47. The maximum Gasteiger partial charge on any atom is 0.233 e. The van der Waals surface area contributed by atoms with E-state index in [1.807, 2.05) is 65.3 Å². The summed E-state index contributed by atoms with van der Waals surface area (Å²) in [4.78, 5) is 34.9. The van der Waals surface area contributed by atoms with E-state index in [1.165, 1.54) is 0 Å². The summed E-state index contributed by atoms with van der Waals surface area (Å²) in [6.45, 7) is 4.50. The highest BCUT2D eigenvalue weighted by atomic mass is 32.1. The maximum absolute atomic E-state index is 13.9. The fourth-order valence-corrected chi connectivity index (χ4v) is 5.60. The molecule has 1 aromatic heterocycles. The molecule has 2 aliphatic rings. The van der Waals surface area contributed by atoms with Gasteiger partial charge in [-0.1, -0.05) is 42.5 Å². The topological polar surface area (TPSA) is 53.5 Å². The van der Waals surface area contributed by atoms with E-state index in [1.54, 1.807) is 11.3 Å². The van der Waals surface area contributed by atoms with Crippen LogP contribution >= 0.6 is 11.3 Å². The van der Waals surface area contributed by atoms with Crippen molar-refractivity contribution in [3.05, 3.63) is 65.2 Å². The number of hydrogen-bond donors (Lipinski definition) is 0. The minimum Gasteiger partial charge on any atom is -0.339 e. The van der Waals surface area contributed by atoms with Crippen molar-refractivity contribution in [2.75, 3.05) is 26.2 Å². The molecule has 2 fully saturated rings. The highest BCUT2D eigenvalue weighted by Gasteiger charge is 2.41. The zero-order chi connectivity index (χ0) is 21.4. The smallest absolute Gasteiger partial charge is 0.233 e. The van der Waals surface area contributed by atoms with Gasteiger partial charge < -0.3 is 9.80 Å². The second-order valence-electron chi connectivity index (χ2n) is 8.84. The molecule has 0 unspecified atom stereocenters. The number of rotatable bonds is 5. The van der Waals surface area contributed by atoms with Crippen LogP contribution in [-0.4, -0.2) is 52.8 Å². The second-order valence-corrected chi connectivity index (χ2v) is 9.96. The van der Waals surface area contributed by atoms with Gasteiger partial charge in [-0.05, 0) is 37.5 Å². The Bertz CT molecular complexity index is 1070. The number of nitrogens with zero attached hydrogens (tertiary/aromatic N) is 3. The standard InChI is InChI=1S/C25H27N3O2S/c1-25(19-7-3-2-4-8-19,17-22-26-20-9-5-6-10-21(20)31-22)24(30)28-15-13-27(14-16-28)23(29)18-11-12-18/h2-10,18H,11-17H2,1H3/t25-/m0/s1. The van der Waals surface area contributed by atoms with Crippen molar-refractivity contribution in [3.63, 3.8) is 0 Å². The average molecular weight is 434 g/mol. The van der Waals surface area contributed by atoms with Crippen LogP contribution in [0.3, 0.4) is 0 Å². The number of carbonyl (C=O) groups is 2. The molecule has 5 rings (SSSR count). The first-order valence-corrected chi connectivity index (χ1v) is 11.8. The number of para-hydroxylation sites is 1. The van der Waals surface area contributed by atoms with Crippen LogP contribution in [0.5, 0.6) is 0 Å². The third-order valence-electron chi connectivity index (χ3n) is 6.53. The van der Waals surface area contributed by atoms with Gasteiger partial charge in [-0.3, -0.25) is 9.59 Å². The van der Waals surface area contributed by atoms with E-state index in [4.69, 9.17) is 4.98 Å². The van der Waals surface area contributed by atoms with Crippen molar-refractivity contribution in [1.29, 1.82) is 0 Å². The second kappa shape index (κ2) is 8.08. The molecule has 0 spiro atoms. The largest absolute Gasteiger partial charge is 0.339 e. The molecule has 1 aliphatic heterocycles. The van der Waals surface area contributed by atoms with Crippen molar-refractivity contribution in [2.45, 2.75) is 31.6 Å². The van der Waals surface area contributed by atoms with Gasteiger partial charge in [0.25, 0.3) is 0 Å². The lowest BCUT2D eigenvalue weighted by Crippen LogP contribution is -2.55. The quantitative estimate of drug-likeness (QED) is 0.614. The molecule has 5 nitrogen and oxygen atoms in total. The Morgan fingerprint density at radius 3 is 2.29 bits per heavy atom. The lowest BCUT2D eigenvalue weighted by Gasteiger charge is -2.40. The van der Waals surface area contributed by atoms with Crippen LogP contribution in [0.25, 0.3) is 10.2 Å². The van der Waals surface area contributed by atoms with Crippen LogP contribution in [-0.2, 0) is 21.4 Å². The maximum atomic E-state index is 13.9. The predicted octanol–water partition coefficient (Wildman–Crippen LogP) is 3.88. The molecule has 3 aromatic rings. The van der Waals surface area contributed by atoms with Crippen LogP contribution in [0.2, 0.25) is 0 Å². The lowest BCUT2D eigenvalue weighted by atomic mass is 9.78. The Morgan fingerprint density at radius 1 is 0.968 bits per heavy atom. The van der Waals surface area contributed by atoms with Crippen molar-refractivity contribution < 1.29 is 9.59 Å². The van der Waals surface area contributed by atoms with Gasteiger partial charge in [-0.15, -0.1) is 11.3 Å². The summed E-state index contributed by atoms with van der Waals surface area (Å²) in [5.74, 6) is 0.625. The van der Waals surface area contributed by atoms with E-state index in [0.29, 0.717) is 32.6 Å². The molecular weight excluding hydrogens is 406 g/mol. The molecule has 160 valence electrons. The number of thiazole rings is 1. The summed E-state index contributed by atoms with van der Waals surface area (Å²) < 4.78 is 1.15. The van der Waals surface area contributed by atoms with E-state index in [2.05, 4.69) is 6.07 Å². The third kappa shape index (κ3) is 3.97. The summed E-state index contributed by atoms with van der Waals surface area (Å²) in [7, 11) is 0. The first kappa shape index (κ1) is 20.2. The highest BCUT2D eigenvalue weighted by Crippen LogP contribution is 2.35. The summed E-state index contributed by atoms with van der Waals surface area (Å²) in [5, 5.41) is 0.975. The number of amides is 2. The van der Waals surface area contributed by atoms with Crippen molar-refractivity contribution in [1.82, 2.24) is 14.8 Å². The Hall–Kier alpha value is -2.73. The molecule has 31 heavy (non-hydrogen) atoms. The molecule has 2 heterocycles. The third-order valence-corrected chi connectivity index (χ3v) is 7.57. The highest BCUT2D eigenvalue weighted by molar-refractivity contribution is 7.18. The first-order chi connectivity index (χ1) is 15.0. The molecule has 1 aliphatic carbocycles. The lowest BCUT2D eigenvalue weighted by molar-refractivity contribution is -0.143. The van der Waals surface area contributed by atoms with Gasteiger partial charge in [0.05, 0.1) is 20.6 Å². The zero-order valence-corrected chi connectivity index (χ0v) is 18.6. The summed E-state index contributed by atoms with van der Waals surface area (Å²) >= 11 is 1.66. The zero-order valence-electron chi connectivity index (χ0n) is 17.8. The monoisotopic (exact) mass is 433 g/mol. The van der Waals surface area contributed by atoms with Gasteiger partial charge in [0.1, 0.15) is 0 Å². The first-order valence-electron chi connectivity index (χ1n) is 11.0. The number of hydrogen-bond acceptors (Lipinski definition) is 4. The summed E-state index contributed by atoms with van der Waals surface area (Å²) in [6, 6.07) is 18.2. The van der Waals surface area contributed by atoms with Crippen LogP contribution < -0.4 is 0 Å². The molecule has 1 saturated carbocycles. The van der Waals surface area contributed by atoms with Gasteiger partial charge >= 0.3 is 0 Å². The van der Waals surface area contributed by atoms with Crippen LogP contribution in [0.15, 0.2) is 54.6 Å². The Labute approximate surface area is 186 Å². The molecule has 0 N–H and O–H groups in total. The molecule has 1 saturated heterocycles. The molecule has 6 heteroatoms. The molecule has 2 aromatic carbocycles. The number of aromatic nitrogens is 1. The van der Waals surface area contributed by atoms with E-state index in [9.17, 15) is 9.59 Å².